The zero-order valence-corrected chi connectivity index (χ0v) is 18.8. The third-order valence-corrected chi connectivity index (χ3v) is 6.54. The summed E-state index contributed by atoms with van der Waals surface area (Å²) in [5, 5.41) is 19.0. The second-order valence-corrected chi connectivity index (χ2v) is 8.68. The van der Waals surface area contributed by atoms with Gasteiger partial charge in [0.05, 0.1) is 22.8 Å². The van der Waals surface area contributed by atoms with Crippen molar-refractivity contribution < 1.29 is 24.3 Å². The minimum absolute atomic E-state index is 0.00399. The standard InChI is InChI=1S/C21H17N5O5S2/c1-26-17(25-14(20(29)30)15(27)19(26)28)16-13(7-8-32-16)24-21(31)22-9-12-10-33-18(23-12)11-5-3-2-4-6-11/h2-8,10,14H,9H2,1H3,(H,29,30)(H2,22,24,31). The molecule has 3 aromatic rings. The molecule has 0 saturated carbocycles. The molecule has 4 rings (SSSR count). The van der Waals surface area contributed by atoms with Crippen LogP contribution < -0.4 is 10.6 Å². The fourth-order valence-electron chi connectivity index (χ4n) is 3.04. The average Bonchev–Trinajstić information content (AvgIpc) is 3.46. The maximum atomic E-state index is 12.5. The number of aliphatic imine (C=N–C) groups is 1. The summed E-state index contributed by atoms with van der Waals surface area (Å²) in [5.74, 6) is -3.60. The molecule has 3 amide bonds. The molecule has 0 spiro atoms. The van der Waals surface area contributed by atoms with Gasteiger partial charge in [-0.25, -0.2) is 19.6 Å². The Morgan fingerprint density at radius 2 is 1.91 bits per heavy atom. The Labute approximate surface area is 195 Å². The number of nitrogens with one attached hydrogen (secondary N) is 2. The van der Waals surface area contributed by atoms with Gasteiger partial charge in [0.25, 0.3) is 11.7 Å². The van der Waals surface area contributed by atoms with Gasteiger partial charge in [0.1, 0.15) is 5.01 Å². The van der Waals surface area contributed by atoms with Gasteiger partial charge in [-0.2, -0.15) is 0 Å². The first-order chi connectivity index (χ1) is 15.8. The summed E-state index contributed by atoms with van der Waals surface area (Å²) in [6.07, 6.45) is 0. The number of likely N-dealkylation sites (N-methyl/N-ethyl adjacent to an activating group) is 1. The third-order valence-electron chi connectivity index (χ3n) is 4.69. The van der Waals surface area contributed by atoms with E-state index in [1.165, 1.54) is 18.4 Å². The van der Waals surface area contributed by atoms with Gasteiger partial charge in [-0.05, 0) is 11.4 Å². The lowest BCUT2D eigenvalue weighted by atomic mass is 10.1. The minimum atomic E-state index is -1.81. The quantitative estimate of drug-likeness (QED) is 0.363. The molecule has 0 fully saturated rings. The van der Waals surface area contributed by atoms with E-state index in [2.05, 4.69) is 20.6 Å². The van der Waals surface area contributed by atoms with Crippen molar-refractivity contribution in [2.24, 2.45) is 4.99 Å². The number of carbonyl (C=O) groups is 4. The molecule has 0 saturated heterocycles. The number of thiazole rings is 1. The van der Waals surface area contributed by atoms with Crippen molar-refractivity contribution in [3.8, 4) is 10.6 Å². The van der Waals surface area contributed by atoms with E-state index in [9.17, 15) is 24.3 Å². The van der Waals surface area contributed by atoms with E-state index in [1.54, 1.807) is 11.4 Å². The number of anilines is 1. The molecule has 1 atom stereocenters. The molecule has 3 heterocycles. The van der Waals surface area contributed by atoms with Crippen LogP contribution in [0.5, 0.6) is 0 Å². The summed E-state index contributed by atoms with van der Waals surface area (Å²) in [6, 6.07) is 8.97. The number of ketones is 1. The lowest BCUT2D eigenvalue weighted by molar-refractivity contribution is -0.149. The van der Waals surface area contributed by atoms with Crippen LogP contribution in [0.3, 0.4) is 0 Å². The first kappa shape index (κ1) is 22.3. The smallest absolute Gasteiger partial charge is 0.336 e. The molecular formula is C21H17N5O5S2. The number of rotatable bonds is 6. The van der Waals surface area contributed by atoms with Gasteiger partial charge < -0.3 is 15.7 Å². The number of thiophene rings is 1. The lowest BCUT2D eigenvalue weighted by Crippen LogP contribution is -2.50. The van der Waals surface area contributed by atoms with Gasteiger partial charge in [-0.1, -0.05) is 30.3 Å². The largest absolute Gasteiger partial charge is 0.479 e. The second-order valence-electron chi connectivity index (χ2n) is 6.90. The molecule has 1 aliphatic rings. The molecule has 1 aromatic carbocycles. The highest BCUT2D eigenvalue weighted by Gasteiger charge is 2.40. The molecule has 3 N–H and O–H groups in total. The van der Waals surface area contributed by atoms with Crippen molar-refractivity contribution in [1.82, 2.24) is 15.2 Å². The summed E-state index contributed by atoms with van der Waals surface area (Å²) in [4.78, 5) is 57.7. The van der Waals surface area contributed by atoms with E-state index in [0.717, 1.165) is 26.8 Å². The van der Waals surface area contributed by atoms with Crippen molar-refractivity contribution in [2.45, 2.75) is 12.6 Å². The minimum Gasteiger partial charge on any atom is -0.479 e. The van der Waals surface area contributed by atoms with E-state index in [4.69, 9.17) is 0 Å². The van der Waals surface area contributed by atoms with Crippen LogP contribution >= 0.6 is 22.7 Å². The maximum Gasteiger partial charge on any atom is 0.336 e. The molecule has 0 bridgehead atoms. The molecule has 2 aromatic heterocycles. The van der Waals surface area contributed by atoms with Crippen LogP contribution in [0.15, 0.2) is 52.2 Å². The summed E-state index contributed by atoms with van der Waals surface area (Å²) in [5.41, 5.74) is 2.02. The number of carboxylic acid groups (broad SMARTS) is 1. The Bertz CT molecular complexity index is 1270. The fourth-order valence-corrected chi connectivity index (χ4v) is 4.75. The highest BCUT2D eigenvalue weighted by molar-refractivity contribution is 7.13. The van der Waals surface area contributed by atoms with Crippen LogP contribution in [0.1, 0.15) is 10.6 Å². The van der Waals surface area contributed by atoms with E-state index >= 15 is 0 Å². The predicted octanol–water partition coefficient (Wildman–Crippen LogP) is 2.43. The van der Waals surface area contributed by atoms with E-state index < -0.39 is 29.7 Å². The fraction of sp³-hybridized carbons (Fsp3) is 0.143. The topological polar surface area (TPSA) is 141 Å². The number of urea groups is 1. The number of carbonyl (C=O) groups excluding carboxylic acids is 3. The van der Waals surface area contributed by atoms with Crippen molar-refractivity contribution >= 4 is 57.9 Å². The van der Waals surface area contributed by atoms with Gasteiger partial charge >= 0.3 is 12.0 Å². The first-order valence-corrected chi connectivity index (χ1v) is 11.4. The number of benzene rings is 1. The number of aromatic nitrogens is 1. The third kappa shape index (κ3) is 4.66. The number of nitrogens with zero attached hydrogens (tertiary/aromatic N) is 3. The molecule has 0 radical (unpaired) electrons. The summed E-state index contributed by atoms with van der Waals surface area (Å²) >= 11 is 2.63. The SMILES string of the molecule is CN1C(=O)C(=O)C(C(=O)O)N=C1c1sccc1NC(=O)NCc1csc(-c2ccccc2)n1. The Balaban J connectivity index is 1.44. The van der Waals surface area contributed by atoms with E-state index in [0.29, 0.717) is 16.3 Å². The number of amides is 3. The van der Waals surface area contributed by atoms with E-state index in [-0.39, 0.29) is 12.4 Å². The molecule has 33 heavy (non-hydrogen) atoms. The second kappa shape index (κ2) is 9.30. The lowest BCUT2D eigenvalue weighted by Gasteiger charge is -2.25. The van der Waals surface area contributed by atoms with Crippen molar-refractivity contribution in [1.29, 1.82) is 0 Å². The molecule has 0 aliphatic carbocycles. The van der Waals surface area contributed by atoms with Crippen LogP contribution in [0.2, 0.25) is 0 Å². The monoisotopic (exact) mass is 483 g/mol. The molecular weight excluding hydrogens is 466 g/mol. The molecule has 168 valence electrons. The highest BCUT2D eigenvalue weighted by atomic mass is 32.1. The van der Waals surface area contributed by atoms with Crippen LogP contribution in [0, 0.1) is 0 Å². The Kier molecular flexibility index (Phi) is 6.29. The molecule has 12 heteroatoms. The van der Waals surface area contributed by atoms with Gasteiger partial charge in [0.15, 0.2) is 5.84 Å². The van der Waals surface area contributed by atoms with Crippen LogP contribution in [0.25, 0.3) is 10.6 Å². The van der Waals surface area contributed by atoms with Gasteiger partial charge in [0.2, 0.25) is 6.04 Å². The van der Waals surface area contributed by atoms with Gasteiger partial charge in [-0.15, -0.1) is 22.7 Å². The number of amidine groups is 1. The maximum absolute atomic E-state index is 12.5. The molecule has 1 unspecified atom stereocenters. The normalized spacial score (nSPS) is 15.8. The number of hydrogen-bond donors (Lipinski definition) is 3. The van der Waals surface area contributed by atoms with Gasteiger partial charge in [-0.3, -0.25) is 14.5 Å². The number of carboxylic acids is 1. The molecule has 1 aliphatic heterocycles. The first-order valence-electron chi connectivity index (χ1n) is 9.60. The molecule has 10 nitrogen and oxygen atoms in total. The number of hydrogen-bond acceptors (Lipinski definition) is 8. The summed E-state index contributed by atoms with van der Waals surface area (Å²) in [7, 11) is 1.33. The Morgan fingerprint density at radius 3 is 2.64 bits per heavy atom. The highest BCUT2D eigenvalue weighted by Crippen LogP contribution is 2.27. The Hall–Kier alpha value is -3.90. The zero-order valence-electron chi connectivity index (χ0n) is 17.1. The predicted molar refractivity (Wildman–Crippen MR) is 123 cm³/mol. The van der Waals surface area contributed by atoms with Crippen molar-refractivity contribution in [2.75, 3.05) is 12.4 Å². The van der Waals surface area contributed by atoms with Crippen molar-refractivity contribution in [3.05, 3.63) is 57.7 Å². The van der Waals surface area contributed by atoms with E-state index in [1.807, 2.05) is 35.7 Å². The Morgan fingerprint density at radius 1 is 1.15 bits per heavy atom. The van der Waals surface area contributed by atoms with Crippen LogP contribution in [-0.4, -0.2) is 57.6 Å². The van der Waals surface area contributed by atoms with Crippen LogP contribution in [-0.2, 0) is 20.9 Å². The summed E-state index contributed by atoms with van der Waals surface area (Å²) in [6.45, 7) is 0.198. The number of Topliss-reactive ketones (excluding diaryl/α,β-unsaturated/α-hetero) is 1. The zero-order chi connectivity index (χ0) is 23.5. The van der Waals surface area contributed by atoms with Gasteiger partial charge in [0, 0.05) is 18.0 Å². The average molecular weight is 484 g/mol. The van der Waals surface area contributed by atoms with Crippen LogP contribution in [0.4, 0.5) is 10.5 Å². The number of aliphatic carboxylic acids is 1. The van der Waals surface area contributed by atoms with Crippen molar-refractivity contribution in [3.63, 3.8) is 0 Å². The summed E-state index contributed by atoms with van der Waals surface area (Å²) < 4.78 is 0.